The van der Waals surface area contributed by atoms with Crippen molar-refractivity contribution in [2.45, 2.75) is 11.4 Å². The summed E-state index contributed by atoms with van der Waals surface area (Å²) < 4.78 is 41.4. The molecule has 0 atom stereocenters. The minimum Gasteiger partial charge on any atom is -0.265 e. The largest absolute Gasteiger partial charge is 0.269 e. The summed E-state index contributed by atoms with van der Waals surface area (Å²) in [4.78, 5) is 9.86. The molecule has 1 heterocycles. The minimum absolute atomic E-state index is 0.0719. The molecule has 3 rings (SSSR count). The lowest BCUT2D eigenvalue weighted by atomic mass is 10.2. The number of rotatable bonds is 6. The molecule has 8 nitrogen and oxygen atoms in total. The number of hydrogen-bond donors (Lipinski definition) is 1. The number of anilines is 1. The summed E-state index contributed by atoms with van der Waals surface area (Å²) >= 11 is 6.04. The highest BCUT2D eigenvalue weighted by Gasteiger charge is 2.19. The van der Waals surface area contributed by atoms with E-state index in [-0.39, 0.29) is 33.8 Å². The van der Waals surface area contributed by atoms with Crippen LogP contribution in [0.2, 0.25) is 5.02 Å². The van der Waals surface area contributed by atoms with E-state index < -0.39 is 14.9 Å². The number of sulfonamides is 1. The van der Waals surface area contributed by atoms with Crippen LogP contribution in [-0.4, -0.2) is 23.1 Å². The number of hydrogen-bond acceptors (Lipinski definition) is 5. The molecular formula is C16H12ClFN4O4S. The highest BCUT2D eigenvalue weighted by atomic mass is 35.5. The van der Waals surface area contributed by atoms with Crippen molar-refractivity contribution in [2.75, 3.05) is 4.72 Å². The Hall–Kier alpha value is -2.98. The molecule has 0 aliphatic rings. The van der Waals surface area contributed by atoms with Crippen LogP contribution in [0.4, 0.5) is 15.9 Å². The van der Waals surface area contributed by atoms with Crippen molar-refractivity contribution in [2.24, 2.45) is 0 Å². The van der Waals surface area contributed by atoms with E-state index >= 15 is 0 Å². The van der Waals surface area contributed by atoms with Gasteiger partial charge in [0.05, 0.1) is 16.4 Å². The summed E-state index contributed by atoms with van der Waals surface area (Å²) in [5, 5.41) is 14.8. The zero-order valence-electron chi connectivity index (χ0n) is 13.5. The van der Waals surface area contributed by atoms with Crippen LogP contribution in [0.15, 0.2) is 59.6 Å². The molecule has 1 aromatic heterocycles. The van der Waals surface area contributed by atoms with Gasteiger partial charge in [0, 0.05) is 18.3 Å². The molecule has 0 saturated carbocycles. The van der Waals surface area contributed by atoms with Crippen LogP contribution in [0.5, 0.6) is 0 Å². The Morgan fingerprint density at radius 2 is 1.78 bits per heavy atom. The maximum atomic E-state index is 13.0. The van der Waals surface area contributed by atoms with Crippen molar-refractivity contribution >= 4 is 33.1 Å². The molecule has 1 N–H and O–H groups in total. The molecule has 0 spiro atoms. The Balaban J connectivity index is 1.79. The number of nitro benzene ring substituents is 1. The first-order chi connectivity index (χ1) is 12.7. The third-order valence-corrected chi connectivity index (χ3v) is 5.20. The zero-order chi connectivity index (χ0) is 19.6. The Labute approximate surface area is 158 Å². The molecule has 0 unspecified atom stereocenters. The molecule has 27 heavy (non-hydrogen) atoms. The fourth-order valence-corrected chi connectivity index (χ4v) is 3.53. The molecule has 0 radical (unpaired) electrons. The van der Waals surface area contributed by atoms with Crippen LogP contribution in [0.25, 0.3) is 0 Å². The summed E-state index contributed by atoms with van der Waals surface area (Å²) in [6.45, 7) is 0.263. The molecule has 3 aromatic rings. The molecule has 0 saturated heterocycles. The lowest BCUT2D eigenvalue weighted by Crippen LogP contribution is -2.14. The van der Waals surface area contributed by atoms with Crippen molar-refractivity contribution in [1.29, 1.82) is 0 Å². The van der Waals surface area contributed by atoms with Crippen molar-refractivity contribution in [3.05, 3.63) is 81.2 Å². The van der Waals surface area contributed by atoms with E-state index in [2.05, 4.69) is 9.82 Å². The fourth-order valence-electron chi connectivity index (χ4n) is 2.26. The lowest BCUT2D eigenvalue weighted by molar-refractivity contribution is -0.384. The molecule has 0 amide bonds. The second-order valence-corrected chi connectivity index (χ2v) is 7.60. The van der Waals surface area contributed by atoms with Crippen LogP contribution in [0, 0.1) is 15.9 Å². The number of nitrogens with zero attached hydrogens (tertiary/aromatic N) is 3. The normalized spacial score (nSPS) is 11.3. The number of nitro groups is 1. The topological polar surface area (TPSA) is 107 Å². The number of nitrogens with one attached hydrogen (secondary N) is 1. The SMILES string of the molecule is O=[N+]([O-])c1ccc(S(=O)(=O)Nc2nn(Cc3ccc(F)cc3)cc2Cl)cc1. The van der Waals surface area contributed by atoms with Gasteiger partial charge in [-0.3, -0.25) is 19.5 Å². The van der Waals surface area contributed by atoms with Crippen LogP contribution in [0.1, 0.15) is 5.56 Å². The van der Waals surface area contributed by atoms with Gasteiger partial charge in [-0.25, -0.2) is 12.8 Å². The number of halogens is 2. The van der Waals surface area contributed by atoms with Gasteiger partial charge in [0.25, 0.3) is 15.7 Å². The van der Waals surface area contributed by atoms with Gasteiger partial charge < -0.3 is 0 Å². The van der Waals surface area contributed by atoms with E-state index in [1.165, 1.54) is 23.0 Å². The van der Waals surface area contributed by atoms with E-state index in [0.717, 1.165) is 29.8 Å². The summed E-state index contributed by atoms with van der Waals surface area (Å²) in [5.41, 5.74) is 0.524. The van der Waals surface area contributed by atoms with Gasteiger partial charge >= 0.3 is 0 Å². The smallest absolute Gasteiger partial charge is 0.265 e. The highest BCUT2D eigenvalue weighted by molar-refractivity contribution is 7.92. The van der Waals surface area contributed by atoms with Gasteiger partial charge in [0.15, 0.2) is 5.82 Å². The Bertz CT molecular complexity index is 1080. The second kappa shape index (κ2) is 7.33. The monoisotopic (exact) mass is 410 g/mol. The molecule has 11 heteroatoms. The molecule has 0 fully saturated rings. The van der Waals surface area contributed by atoms with Crippen LogP contribution < -0.4 is 4.72 Å². The summed E-state index contributed by atoms with van der Waals surface area (Å²) in [6, 6.07) is 10.2. The van der Waals surface area contributed by atoms with Gasteiger partial charge in [-0.05, 0) is 29.8 Å². The van der Waals surface area contributed by atoms with Gasteiger partial charge in [0.1, 0.15) is 10.8 Å². The maximum Gasteiger partial charge on any atom is 0.269 e. The van der Waals surface area contributed by atoms with Crippen molar-refractivity contribution in [3.8, 4) is 0 Å². The molecule has 2 aromatic carbocycles. The fraction of sp³-hybridized carbons (Fsp3) is 0.0625. The predicted octanol–water partition coefficient (Wildman–Crippen LogP) is 3.43. The third kappa shape index (κ3) is 4.41. The van der Waals surface area contributed by atoms with Gasteiger partial charge in [-0.1, -0.05) is 23.7 Å². The Morgan fingerprint density at radius 1 is 1.15 bits per heavy atom. The average Bonchev–Trinajstić information content (AvgIpc) is 2.95. The van der Waals surface area contributed by atoms with Crippen LogP contribution in [-0.2, 0) is 16.6 Å². The quantitative estimate of drug-likeness (QED) is 0.494. The average molecular weight is 411 g/mol. The van der Waals surface area contributed by atoms with Gasteiger partial charge in [0.2, 0.25) is 0 Å². The van der Waals surface area contributed by atoms with Crippen molar-refractivity contribution in [1.82, 2.24) is 9.78 Å². The number of non-ortho nitro benzene ring substituents is 1. The van der Waals surface area contributed by atoms with E-state index in [9.17, 15) is 22.9 Å². The van der Waals surface area contributed by atoms with Gasteiger partial charge in [-0.15, -0.1) is 0 Å². The van der Waals surface area contributed by atoms with E-state index in [1.807, 2.05) is 0 Å². The molecule has 0 aliphatic heterocycles. The molecular weight excluding hydrogens is 399 g/mol. The molecule has 140 valence electrons. The van der Waals surface area contributed by atoms with Crippen molar-refractivity contribution < 1.29 is 17.7 Å². The summed E-state index contributed by atoms with van der Waals surface area (Å²) in [5.74, 6) is -0.453. The third-order valence-electron chi connectivity index (χ3n) is 3.56. The first kappa shape index (κ1) is 18.8. The van der Waals surface area contributed by atoms with E-state index in [4.69, 9.17) is 11.6 Å². The number of aromatic nitrogens is 2. The maximum absolute atomic E-state index is 13.0. The Morgan fingerprint density at radius 3 is 2.37 bits per heavy atom. The molecule has 0 bridgehead atoms. The lowest BCUT2D eigenvalue weighted by Gasteiger charge is -2.06. The number of benzene rings is 2. The van der Waals surface area contributed by atoms with Crippen molar-refractivity contribution in [3.63, 3.8) is 0 Å². The molecule has 0 aliphatic carbocycles. The highest BCUT2D eigenvalue weighted by Crippen LogP contribution is 2.24. The van der Waals surface area contributed by atoms with Crippen LogP contribution >= 0.6 is 11.6 Å². The predicted molar refractivity (Wildman–Crippen MR) is 96.6 cm³/mol. The van der Waals surface area contributed by atoms with E-state index in [0.29, 0.717) is 0 Å². The minimum atomic E-state index is -4.03. The first-order valence-corrected chi connectivity index (χ1v) is 9.35. The van der Waals surface area contributed by atoms with Gasteiger partial charge in [-0.2, -0.15) is 5.10 Å². The second-order valence-electron chi connectivity index (χ2n) is 5.51. The first-order valence-electron chi connectivity index (χ1n) is 7.49. The standard InChI is InChI=1S/C16H12ClFN4O4S/c17-15-10-21(9-11-1-3-12(18)4-2-11)19-16(15)20-27(25,26)14-7-5-13(6-8-14)22(23)24/h1-8,10H,9H2,(H,19,20). The van der Waals surface area contributed by atoms with Crippen LogP contribution in [0.3, 0.4) is 0 Å². The van der Waals surface area contributed by atoms with E-state index in [1.54, 1.807) is 12.1 Å². The zero-order valence-corrected chi connectivity index (χ0v) is 15.1. The summed E-state index contributed by atoms with van der Waals surface area (Å²) in [7, 11) is -4.03. The Kier molecular flexibility index (Phi) is 5.10. The summed E-state index contributed by atoms with van der Waals surface area (Å²) in [6.07, 6.45) is 1.43.